The normalized spacial score (nSPS) is 12.9. The number of rotatable bonds is 5. The second-order valence-corrected chi connectivity index (χ2v) is 6.46. The molecule has 0 saturated carbocycles. The Morgan fingerprint density at radius 2 is 2.10 bits per heavy atom. The van der Waals surface area contributed by atoms with E-state index in [-0.39, 0.29) is 6.04 Å². The molecule has 4 heteroatoms. The third-order valence-corrected chi connectivity index (χ3v) is 4.50. The van der Waals surface area contributed by atoms with Crippen LogP contribution in [0, 0.1) is 0 Å². The molecular weight excluding hydrogens is 290 g/mol. The first-order valence-corrected chi connectivity index (χ1v) is 7.94. The summed E-state index contributed by atoms with van der Waals surface area (Å²) >= 11 is 7.66. The van der Waals surface area contributed by atoms with E-state index in [1.807, 2.05) is 24.3 Å². The first kappa shape index (κ1) is 13.7. The van der Waals surface area contributed by atoms with Crippen LogP contribution in [-0.4, -0.2) is 6.54 Å². The molecule has 1 N–H and O–H groups in total. The van der Waals surface area contributed by atoms with Crippen LogP contribution in [0.25, 0.3) is 11.0 Å². The highest BCUT2D eigenvalue weighted by Gasteiger charge is 2.19. The number of thiophene rings is 1. The molecule has 20 heavy (non-hydrogen) atoms. The lowest BCUT2D eigenvalue weighted by Crippen LogP contribution is -2.21. The van der Waals surface area contributed by atoms with Crippen LogP contribution in [0.5, 0.6) is 0 Å². The molecule has 3 aromatic rings. The summed E-state index contributed by atoms with van der Waals surface area (Å²) in [4.78, 5) is 1.18. The fourth-order valence-electron chi connectivity index (χ4n) is 2.26. The Bertz CT molecular complexity index is 670. The Hall–Kier alpha value is -1.29. The third-order valence-electron chi connectivity index (χ3n) is 3.21. The van der Waals surface area contributed by atoms with E-state index >= 15 is 0 Å². The molecule has 0 radical (unpaired) electrons. The molecule has 0 aliphatic carbocycles. The van der Waals surface area contributed by atoms with Crippen LogP contribution >= 0.6 is 22.9 Å². The number of fused-ring (bicyclic) bond motifs is 1. The highest BCUT2D eigenvalue weighted by Crippen LogP contribution is 2.33. The molecule has 0 aliphatic heterocycles. The van der Waals surface area contributed by atoms with Gasteiger partial charge in [-0.2, -0.15) is 0 Å². The minimum atomic E-state index is 0.0693. The Kier molecular flexibility index (Phi) is 4.10. The molecule has 0 saturated heterocycles. The summed E-state index contributed by atoms with van der Waals surface area (Å²) in [6.07, 6.45) is 1.08. The van der Waals surface area contributed by atoms with E-state index in [0.717, 1.165) is 34.0 Å². The Morgan fingerprint density at radius 3 is 2.80 bits per heavy atom. The predicted molar refractivity (Wildman–Crippen MR) is 85.7 cm³/mol. The number of hydrogen-bond acceptors (Lipinski definition) is 3. The summed E-state index contributed by atoms with van der Waals surface area (Å²) in [7, 11) is 0. The van der Waals surface area contributed by atoms with Gasteiger partial charge in [0.05, 0.1) is 4.34 Å². The Morgan fingerprint density at radius 1 is 1.25 bits per heavy atom. The topological polar surface area (TPSA) is 25.2 Å². The number of hydrogen-bond donors (Lipinski definition) is 1. The van der Waals surface area contributed by atoms with Gasteiger partial charge < -0.3 is 9.73 Å². The fourth-order valence-corrected chi connectivity index (χ4v) is 3.40. The summed E-state index contributed by atoms with van der Waals surface area (Å²) in [5.41, 5.74) is 0.924. The molecule has 0 bridgehead atoms. The van der Waals surface area contributed by atoms with Crippen LogP contribution in [0.15, 0.2) is 46.9 Å². The van der Waals surface area contributed by atoms with Crippen molar-refractivity contribution in [2.75, 3.05) is 6.54 Å². The van der Waals surface area contributed by atoms with Gasteiger partial charge in [-0.15, -0.1) is 11.3 Å². The first-order chi connectivity index (χ1) is 9.78. The standard InChI is InChI=1S/C16H16ClNOS/c1-2-9-18-16(14-7-8-15(17)20-14)13-10-11-5-3-4-6-12(11)19-13/h3-8,10,16,18H,2,9H2,1H3. The second kappa shape index (κ2) is 6.00. The molecule has 0 fully saturated rings. The van der Waals surface area contributed by atoms with E-state index in [9.17, 15) is 0 Å². The number of furan rings is 1. The van der Waals surface area contributed by atoms with Gasteiger partial charge in [0, 0.05) is 10.3 Å². The molecule has 3 rings (SSSR count). The van der Waals surface area contributed by atoms with Gasteiger partial charge in [0.2, 0.25) is 0 Å². The van der Waals surface area contributed by atoms with Crippen molar-refractivity contribution in [3.63, 3.8) is 0 Å². The molecule has 0 spiro atoms. The van der Waals surface area contributed by atoms with Crippen LogP contribution in [0.4, 0.5) is 0 Å². The van der Waals surface area contributed by atoms with Gasteiger partial charge in [-0.1, -0.05) is 36.7 Å². The minimum Gasteiger partial charge on any atom is -0.459 e. The van der Waals surface area contributed by atoms with Crippen molar-refractivity contribution in [1.29, 1.82) is 0 Å². The predicted octanol–water partition coefficient (Wildman–Crippen LogP) is 5.24. The zero-order valence-electron chi connectivity index (χ0n) is 11.2. The van der Waals surface area contributed by atoms with Crippen LogP contribution in [0.2, 0.25) is 4.34 Å². The lowest BCUT2D eigenvalue weighted by Gasteiger charge is -2.14. The molecule has 1 atom stereocenters. The van der Waals surface area contributed by atoms with Crippen molar-refractivity contribution < 1.29 is 4.42 Å². The molecule has 0 aliphatic rings. The van der Waals surface area contributed by atoms with Crippen LogP contribution in [-0.2, 0) is 0 Å². The van der Waals surface area contributed by atoms with Gasteiger partial charge in [0.15, 0.2) is 0 Å². The average molecular weight is 306 g/mol. The molecule has 2 aromatic heterocycles. The molecular formula is C16H16ClNOS. The maximum absolute atomic E-state index is 6.06. The van der Waals surface area contributed by atoms with Gasteiger partial charge in [0.25, 0.3) is 0 Å². The van der Waals surface area contributed by atoms with E-state index in [1.54, 1.807) is 11.3 Å². The SMILES string of the molecule is CCCNC(c1cc2ccccc2o1)c1ccc(Cl)s1. The molecule has 104 valence electrons. The van der Waals surface area contributed by atoms with Gasteiger partial charge >= 0.3 is 0 Å². The van der Waals surface area contributed by atoms with E-state index in [0.29, 0.717) is 0 Å². The smallest absolute Gasteiger partial charge is 0.134 e. The summed E-state index contributed by atoms with van der Waals surface area (Å²) in [6.45, 7) is 3.10. The maximum atomic E-state index is 6.06. The first-order valence-electron chi connectivity index (χ1n) is 6.75. The van der Waals surface area contributed by atoms with Gasteiger partial charge in [0.1, 0.15) is 17.4 Å². The van der Waals surface area contributed by atoms with Crippen molar-refractivity contribution >= 4 is 33.9 Å². The summed E-state index contributed by atoms with van der Waals surface area (Å²) in [6, 6.07) is 14.3. The van der Waals surface area contributed by atoms with Gasteiger partial charge in [-0.05, 0) is 37.2 Å². The molecule has 1 aromatic carbocycles. The van der Waals surface area contributed by atoms with Crippen molar-refractivity contribution in [3.8, 4) is 0 Å². The Labute approximate surface area is 127 Å². The molecule has 2 heterocycles. The monoisotopic (exact) mass is 305 g/mol. The highest BCUT2D eigenvalue weighted by molar-refractivity contribution is 7.16. The zero-order valence-corrected chi connectivity index (χ0v) is 12.8. The van der Waals surface area contributed by atoms with Crippen molar-refractivity contribution in [1.82, 2.24) is 5.32 Å². The van der Waals surface area contributed by atoms with E-state index in [2.05, 4.69) is 30.4 Å². The Balaban J connectivity index is 1.99. The van der Waals surface area contributed by atoms with E-state index in [4.69, 9.17) is 16.0 Å². The highest BCUT2D eigenvalue weighted by atomic mass is 35.5. The van der Waals surface area contributed by atoms with E-state index < -0.39 is 0 Å². The van der Waals surface area contributed by atoms with E-state index in [1.165, 1.54) is 4.88 Å². The van der Waals surface area contributed by atoms with Gasteiger partial charge in [-0.3, -0.25) is 0 Å². The summed E-state index contributed by atoms with van der Waals surface area (Å²) < 4.78 is 6.80. The second-order valence-electron chi connectivity index (χ2n) is 4.72. The summed E-state index contributed by atoms with van der Waals surface area (Å²) in [5, 5.41) is 4.67. The van der Waals surface area contributed by atoms with Crippen LogP contribution in [0.3, 0.4) is 0 Å². The lowest BCUT2D eigenvalue weighted by molar-refractivity contribution is 0.473. The third kappa shape index (κ3) is 2.75. The van der Waals surface area contributed by atoms with Crippen LogP contribution in [0.1, 0.15) is 30.0 Å². The lowest BCUT2D eigenvalue weighted by atomic mass is 10.1. The number of benzene rings is 1. The maximum Gasteiger partial charge on any atom is 0.134 e. The minimum absolute atomic E-state index is 0.0693. The van der Waals surface area contributed by atoms with Crippen molar-refractivity contribution in [2.24, 2.45) is 0 Å². The summed E-state index contributed by atoms with van der Waals surface area (Å²) in [5.74, 6) is 0.943. The average Bonchev–Trinajstić information content (AvgIpc) is 3.05. The number of nitrogens with one attached hydrogen (secondary N) is 1. The quantitative estimate of drug-likeness (QED) is 0.697. The largest absolute Gasteiger partial charge is 0.459 e. The van der Waals surface area contributed by atoms with Crippen molar-refractivity contribution in [2.45, 2.75) is 19.4 Å². The zero-order chi connectivity index (χ0) is 13.9. The number of halogens is 1. The molecule has 0 amide bonds. The fraction of sp³-hybridized carbons (Fsp3) is 0.250. The van der Waals surface area contributed by atoms with Gasteiger partial charge in [-0.25, -0.2) is 0 Å². The molecule has 1 unspecified atom stereocenters. The number of para-hydroxylation sites is 1. The van der Waals surface area contributed by atoms with Crippen LogP contribution < -0.4 is 5.32 Å². The van der Waals surface area contributed by atoms with Crippen molar-refractivity contribution in [3.05, 3.63) is 57.4 Å². The molecule has 2 nitrogen and oxygen atoms in total.